The molecule has 0 atom stereocenters. The molecule has 1 fully saturated rings. The van der Waals surface area contributed by atoms with Gasteiger partial charge in [-0.2, -0.15) is 18.3 Å². The largest absolute Gasteiger partial charge is 0.497 e. The van der Waals surface area contributed by atoms with Crippen LogP contribution >= 0.6 is 0 Å². The maximum atomic E-state index is 10.6. The van der Waals surface area contributed by atoms with Gasteiger partial charge in [-0.15, -0.1) is 0 Å². The summed E-state index contributed by atoms with van der Waals surface area (Å²) >= 11 is 0. The van der Waals surface area contributed by atoms with E-state index in [0.29, 0.717) is 0 Å². The lowest BCUT2D eigenvalue weighted by Gasteiger charge is -2.35. The second-order valence-corrected chi connectivity index (χ2v) is 8.40. The Balaban J connectivity index is 0.000000405. The van der Waals surface area contributed by atoms with Crippen molar-refractivity contribution in [2.75, 3.05) is 38.2 Å². The van der Waals surface area contributed by atoms with Gasteiger partial charge in [-0.1, -0.05) is 0 Å². The average molecular weight is 518 g/mol. The van der Waals surface area contributed by atoms with Gasteiger partial charge in [-0.3, -0.25) is 14.0 Å². The second-order valence-electron chi connectivity index (χ2n) is 8.40. The van der Waals surface area contributed by atoms with Crippen LogP contribution in [0.3, 0.4) is 0 Å². The normalized spacial score (nSPS) is 14.4. The third kappa shape index (κ3) is 6.17. The summed E-state index contributed by atoms with van der Waals surface area (Å²) in [6.45, 7) is 4.77. The first-order valence-corrected chi connectivity index (χ1v) is 11.4. The summed E-state index contributed by atoms with van der Waals surface area (Å²) in [7, 11) is 3.64. The quantitative estimate of drug-likeness (QED) is 0.431. The number of nitrogens with zero attached hydrogens (tertiary/aromatic N) is 7. The number of alkyl halides is 3. The molecule has 0 saturated carbocycles. The van der Waals surface area contributed by atoms with Crippen molar-refractivity contribution in [2.45, 2.75) is 12.7 Å². The number of carboxylic acid groups (broad SMARTS) is 1. The van der Waals surface area contributed by atoms with E-state index in [9.17, 15) is 13.2 Å². The minimum atomic E-state index is -5.08. The predicted molar refractivity (Wildman–Crippen MR) is 129 cm³/mol. The third-order valence-corrected chi connectivity index (χ3v) is 5.87. The summed E-state index contributed by atoms with van der Waals surface area (Å²) in [5.41, 5.74) is 4.29. The van der Waals surface area contributed by atoms with Crippen LogP contribution in [-0.2, 0) is 18.4 Å². The Hall–Kier alpha value is -4.13. The average Bonchev–Trinajstić information content (AvgIpc) is 3.50. The van der Waals surface area contributed by atoms with E-state index in [1.807, 2.05) is 48.6 Å². The number of fused-ring (bicyclic) bond motifs is 1. The van der Waals surface area contributed by atoms with Gasteiger partial charge < -0.3 is 14.7 Å². The highest BCUT2D eigenvalue weighted by Crippen LogP contribution is 2.27. The number of anilines is 1. The van der Waals surface area contributed by atoms with Gasteiger partial charge in [0.2, 0.25) is 0 Å². The molecule has 196 valence electrons. The molecular weight excluding hydrogens is 491 g/mol. The maximum Gasteiger partial charge on any atom is 0.490 e. The smallest absolute Gasteiger partial charge is 0.490 e. The van der Waals surface area contributed by atoms with Crippen molar-refractivity contribution < 1.29 is 27.8 Å². The molecular formula is C24H26F3N7O3. The summed E-state index contributed by atoms with van der Waals surface area (Å²) in [4.78, 5) is 23.1. The Morgan fingerprint density at radius 2 is 1.76 bits per heavy atom. The fourth-order valence-corrected chi connectivity index (χ4v) is 4.03. The number of carbonyl (C=O) groups is 1. The Labute approximate surface area is 210 Å². The molecule has 37 heavy (non-hydrogen) atoms. The lowest BCUT2D eigenvalue weighted by atomic mass is 10.1. The highest BCUT2D eigenvalue weighted by molar-refractivity contribution is 5.73. The highest BCUT2D eigenvalue weighted by atomic mass is 19.4. The number of methoxy groups -OCH3 is 1. The van der Waals surface area contributed by atoms with Gasteiger partial charge in [0.05, 0.1) is 25.2 Å². The van der Waals surface area contributed by atoms with E-state index in [4.69, 9.17) is 19.6 Å². The zero-order valence-corrected chi connectivity index (χ0v) is 20.3. The maximum absolute atomic E-state index is 10.6. The number of aliphatic carboxylic acids is 1. The number of benzene rings is 1. The Kier molecular flexibility index (Phi) is 7.62. The van der Waals surface area contributed by atoms with Gasteiger partial charge in [0, 0.05) is 69.5 Å². The van der Waals surface area contributed by atoms with E-state index >= 15 is 0 Å². The summed E-state index contributed by atoms with van der Waals surface area (Å²) < 4.78 is 41.0. The number of carboxylic acids is 1. The molecule has 1 aliphatic rings. The first-order chi connectivity index (χ1) is 17.7. The van der Waals surface area contributed by atoms with Crippen molar-refractivity contribution in [3.63, 3.8) is 0 Å². The molecule has 1 aliphatic heterocycles. The summed E-state index contributed by atoms with van der Waals surface area (Å²) in [5, 5.41) is 11.4. The number of aryl methyl sites for hydroxylation is 1. The molecule has 0 unspecified atom stereocenters. The van der Waals surface area contributed by atoms with E-state index in [1.54, 1.807) is 7.11 Å². The molecule has 0 aliphatic carbocycles. The summed E-state index contributed by atoms with van der Waals surface area (Å²) in [6.07, 6.45) is 4.70. The molecule has 4 heterocycles. The van der Waals surface area contributed by atoms with E-state index in [0.717, 1.165) is 61.2 Å². The van der Waals surface area contributed by atoms with E-state index in [1.165, 1.54) is 5.56 Å². The minimum absolute atomic E-state index is 0.846. The van der Waals surface area contributed by atoms with Crippen LogP contribution in [0.4, 0.5) is 19.0 Å². The molecule has 4 aromatic rings. The molecule has 0 spiro atoms. The summed E-state index contributed by atoms with van der Waals surface area (Å²) in [5.74, 6) is -0.968. The number of hydrogen-bond acceptors (Lipinski definition) is 7. The SMILES string of the molecule is COc1ccc(-c2cnc3c(N4CCN(Cc5cnn(C)c5)CC4)nccn23)cc1.O=C(O)C(F)(F)F. The van der Waals surface area contributed by atoms with Gasteiger partial charge >= 0.3 is 12.1 Å². The van der Waals surface area contributed by atoms with Gasteiger partial charge in [-0.05, 0) is 24.3 Å². The van der Waals surface area contributed by atoms with Gasteiger partial charge in [0.15, 0.2) is 11.5 Å². The van der Waals surface area contributed by atoms with Crippen molar-refractivity contribution in [3.05, 3.63) is 60.8 Å². The van der Waals surface area contributed by atoms with Crippen LogP contribution < -0.4 is 9.64 Å². The van der Waals surface area contributed by atoms with Crippen LogP contribution in [0.2, 0.25) is 0 Å². The Morgan fingerprint density at radius 1 is 1.08 bits per heavy atom. The number of aromatic nitrogens is 5. The number of hydrogen-bond donors (Lipinski definition) is 1. The number of imidazole rings is 1. The predicted octanol–water partition coefficient (Wildman–Crippen LogP) is 3.09. The van der Waals surface area contributed by atoms with E-state index in [-0.39, 0.29) is 0 Å². The first-order valence-electron chi connectivity index (χ1n) is 11.4. The molecule has 1 N–H and O–H groups in total. The highest BCUT2D eigenvalue weighted by Gasteiger charge is 2.38. The molecule has 3 aromatic heterocycles. The fourth-order valence-electron chi connectivity index (χ4n) is 4.03. The van der Waals surface area contributed by atoms with Gasteiger partial charge in [-0.25, -0.2) is 14.8 Å². The van der Waals surface area contributed by atoms with Gasteiger partial charge in [0.1, 0.15) is 5.75 Å². The van der Waals surface area contributed by atoms with Gasteiger partial charge in [0.25, 0.3) is 0 Å². The lowest BCUT2D eigenvalue weighted by Crippen LogP contribution is -2.46. The van der Waals surface area contributed by atoms with Crippen LogP contribution in [-0.4, -0.2) is 79.6 Å². The van der Waals surface area contributed by atoms with Crippen LogP contribution in [0.5, 0.6) is 5.75 Å². The second kappa shape index (κ2) is 10.9. The number of piperazine rings is 1. The minimum Gasteiger partial charge on any atom is -0.497 e. The fraction of sp³-hybridized carbons (Fsp3) is 0.333. The number of rotatable bonds is 5. The zero-order chi connectivity index (χ0) is 26.6. The lowest BCUT2D eigenvalue weighted by molar-refractivity contribution is -0.192. The van der Waals surface area contributed by atoms with Crippen LogP contribution in [0.25, 0.3) is 16.9 Å². The molecule has 0 radical (unpaired) electrons. The zero-order valence-electron chi connectivity index (χ0n) is 20.3. The first kappa shape index (κ1) is 25.9. The standard InChI is InChI=1S/C22H25N7O.C2HF3O2/c1-26-15-17(13-25-26)16-27-9-11-28(12-10-27)21-22-24-14-20(29(22)8-7-23-21)18-3-5-19(30-2)6-4-18;3-2(4,5)1(6)7/h3-8,13-15H,9-12,16H2,1-2H3;(H,6,7). The number of halogens is 3. The monoisotopic (exact) mass is 517 g/mol. The van der Waals surface area contributed by atoms with Crippen molar-refractivity contribution in [1.82, 2.24) is 29.0 Å². The molecule has 13 heteroatoms. The number of ether oxygens (including phenoxy) is 1. The molecule has 0 bridgehead atoms. The molecule has 1 saturated heterocycles. The molecule has 1 aromatic carbocycles. The summed E-state index contributed by atoms with van der Waals surface area (Å²) in [6, 6.07) is 8.05. The molecule has 5 rings (SSSR count). The van der Waals surface area contributed by atoms with Crippen LogP contribution in [0, 0.1) is 0 Å². The van der Waals surface area contributed by atoms with Crippen LogP contribution in [0.15, 0.2) is 55.2 Å². The van der Waals surface area contributed by atoms with Crippen molar-refractivity contribution in [1.29, 1.82) is 0 Å². The van der Waals surface area contributed by atoms with E-state index < -0.39 is 12.1 Å². The van der Waals surface area contributed by atoms with Crippen molar-refractivity contribution in [2.24, 2.45) is 7.05 Å². The molecule has 0 amide bonds. The third-order valence-electron chi connectivity index (χ3n) is 5.87. The molecule has 10 nitrogen and oxygen atoms in total. The topological polar surface area (TPSA) is 101 Å². The van der Waals surface area contributed by atoms with Crippen LogP contribution in [0.1, 0.15) is 5.56 Å². The van der Waals surface area contributed by atoms with Crippen molar-refractivity contribution >= 4 is 17.4 Å². The Bertz CT molecular complexity index is 1340. The van der Waals surface area contributed by atoms with Crippen molar-refractivity contribution in [3.8, 4) is 17.0 Å². The van der Waals surface area contributed by atoms with E-state index in [2.05, 4.69) is 42.6 Å². The Morgan fingerprint density at radius 3 is 2.32 bits per heavy atom.